The number of carbonyl (C=O) groups is 2. The Morgan fingerprint density at radius 1 is 1.08 bits per heavy atom. The van der Waals surface area contributed by atoms with Gasteiger partial charge in [-0.2, -0.15) is 0 Å². The predicted octanol–water partition coefficient (Wildman–Crippen LogP) is 6.77. The quantitative estimate of drug-likeness (QED) is 0.300. The van der Waals surface area contributed by atoms with E-state index in [0.717, 1.165) is 11.8 Å². The van der Waals surface area contributed by atoms with Crippen molar-refractivity contribution in [3.63, 3.8) is 0 Å². The molecular weight excluding hydrogens is 545 g/mol. The minimum atomic E-state index is -0.810. The van der Waals surface area contributed by atoms with E-state index in [0.29, 0.717) is 22.6 Å². The molecule has 0 saturated heterocycles. The van der Waals surface area contributed by atoms with Crippen molar-refractivity contribution in [2.24, 2.45) is 4.99 Å². The standard InChI is InChI=1S/C29H23ClFNO6S/c1-3-37-29(35)25-26(33)24(39-28(25)32-27(34)20-9-4-5-10-21(20)30)15-17-11-12-22(23(14-17)36-2)38-16-18-7-6-8-19(31)13-18/h4-15,33H,3,16H2,1-2H3/b24-15-,32-28?. The molecule has 1 aliphatic rings. The van der Waals surface area contributed by atoms with E-state index in [1.54, 1.807) is 61.5 Å². The fraction of sp³-hybridized carbons (Fsp3) is 0.138. The van der Waals surface area contributed by atoms with Crippen molar-refractivity contribution in [2.75, 3.05) is 13.7 Å². The number of carbonyl (C=O) groups excluding carboxylic acids is 2. The summed E-state index contributed by atoms with van der Waals surface area (Å²) in [5.74, 6) is -1.36. The van der Waals surface area contributed by atoms with Crippen LogP contribution in [0.2, 0.25) is 5.02 Å². The topological polar surface area (TPSA) is 94.4 Å². The van der Waals surface area contributed by atoms with Gasteiger partial charge in [-0.1, -0.05) is 53.7 Å². The number of esters is 1. The molecule has 0 atom stereocenters. The third-order valence-corrected chi connectivity index (χ3v) is 6.80. The third-order valence-electron chi connectivity index (χ3n) is 5.45. The van der Waals surface area contributed by atoms with Crippen LogP contribution in [0.15, 0.2) is 88.0 Å². The summed E-state index contributed by atoms with van der Waals surface area (Å²) in [4.78, 5) is 29.8. The molecule has 0 unspecified atom stereocenters. The summed E-state index contributed by atoms with van der Waals surface area (Å²) in [5.41, 5.74) is 1.22. The molecule has 1 amide bonds. The van der Waals surface area contributed by atoms with Crippen molar-refractivity contribution in [3.8, 4) is 11.5 Å². The van der Waals surface area contributed by atoms with E-state index in [9.17, 15) is 19.1 Å². The number of aliphatic hydroxyl groups is 1. The largest absolute Gasteiger partial charge is 0.506 e. The van der Waals surface area contributed by atoms with Crippen molar-refractivity contribution in [3.05, 3.63) is 110 Å². The average Bonchev–Trinajstić information content (AvgIpc) is 3.22. The Morgan fingerprint density at radius 3 is 2.59 bits per heavy atom. The number of methoxy groups -OCH3 is 1. The summed E-state index contributed by atoms with van der Waals surface area (Å²) in [6, 6.07) is 17.6. The van der Waals surface area contributed by atoms with E-state index in [1.807, 2.05) is 0 Å². The molecule has 0 bridgehead atoms. The first-order valence-corrected chi connectivity index (χ1v) is 12.9. The van der Waals surface area contributed by atoms with Crippen LogP contribution in [0.4, 0.5) is 4.39 Å². The first-order chi connectivity index (χ1) is 18.8. The van der Waals surface area contributed by atoms with Gasteiger partial charge in [-0.25, -0.2) is 14.2 Å². The second kappa shape index (κ2) is 12.6. The van der Waals surface area contributed by atoms with E-state index in [2.05, 4.69) is 4.99 Å². The van der Waals surface area contributed by atoms with Crippen molar-refractivity contribution >= 4 is 46.4 Å². The molecule has 3 aromatic carbocycles. The van der Waals surface area contributed by atoms with Crippen LogP contribution < -0.4 is 9.47 Å². The van der Waals surface area contributed by atoms with E-state index < -0.39 is 11.9 Å². The highest BCUT2D eigenvalue weighted by Gasteiger charge is 2.34. The van der Waals surface area contributed by atoms with Gasteiger partial charge in [-0.05, 0) is 60.5 Å². The summed E-state index contributed by atoms with van der Waals surface area (Å²) >= 11 is 7.07. The molecule has 4 rings (SSSR count). The number of thioether (sulfide) groups is 1. The summed E-state index contributed by atoms with van der Waals surface area (Å²) < 4.78 is 29.8. The van der Waals surface area contributed by atoms with Gasteiger partial charge in [-0.15, -0.1) is 0 Å². The van der Waals surface area contributed by atoms with Crippen LogP contribution in [0.25, 0.3) is 6.08 Å². The number of ether oxygens (including phenoxy) is 3. The van der Waals surface area contributed by atoms with Gasteiger partial charge >= 0.3 is 5.97 Å². The molecule has 200 valence electrons. The molecular formula is C29H23ClFNO6S. The lowest BCUT2D eigenvalue weighted by atomic mass is 10.1. The number of halogens is 2. The van der Waals surface area contributed by atoms with Gasteiger partial charge in [0.15, 0.2) is 11.5 Å². The van der Waals surface area contributed by atoms with E-state index in [-0.39, 0.29) is 50.9 Å². The third kappa shape index (κ3) is 6.68. The van der Waals surface area contributed by atoms with Gasteiger partial charge in [0, 0.05) is 0 Å². The minimum absolute atomic E-state index is 0.0101. The van der Waals surface area contributed by atoms with Crippen LogP contribution >= 0.6 is 23.4 Å². The van der Waals surface area contributed by atoms with Crippen molar-refractivity contribution in [1.29, 1.82) is 0 Å². The molecule has 0 spiro atoms. The fourth-order valence-electron chi connectivity index (χ4n) is 3.61. The predicted molar refractivity (Wildman–Crippen MR) is 149 cm³/mol. The molecule has 0 fully saturated rings. The van der Waals surface area contributed by atoms with Crippen molar-refractivity contribution < 1.29 is 33.3 Å². The van der Waals surface area contributed by atoms with Gasteiger partial charge in [0.2, 0.25) is 0 Å². The maximum absolute atomic E-state index is 13.5. The highest BCUT2D eigenvalue weighted by molar-refractivity contribution is 8.18. The minimum Gasteiger partial charge on any atom is -0.506 e. The zero-order valence-electron chi connectivity index (χ0n) is 20.9. The first-order valence-electron chi connectivity index (χ1n) is 11.7. The van der Waals surface area contributed by atoms with Crippen LogP contribution in [-0.4, -0.2) is 35.7 Å². The van der Waals surface area contributed by atoms with Crippen LogP contribution in [0.3, 0.4) is 0 Å². The lowest BCUT2D eigenvalue weighted by molar-refractivity contribution is -0.138. The Bertz CT molecular complexity index is 1520. The Balaban J connectivity index is 1.63. The van der Waals surface area contributed by atoms with Crippen LogP contribution in [0.1, 0.15) is 28.4 Å². The Kier molecular flexibility index (Phi) is 9.06. The maximum atomic E-state index is 13.5. The average molecular weight is 568 g/mol. The normalized spacial score (nSPS) is 15.1. The Hall–Kier alpha value is -4.08. The number of nitrogens with zero attached hydrogens (tertiary/aromatic N) is 1. The van der Waals surface area contributed by atoms with E-state index in [1.165, 1.54) is 25.3 Å². The number of rotatable bonds is 8. The highest BCUT2D eigenvalue weighted by Crippen LogP contribution is 2.40. The Morgan fingerprint density at radius 2 is 1.87 bits per heavy atom. The lowest BCUT2D eigenvalue weighted by Crippen LogP contribution is -2.14. The van der Waals surface area contributed by atoms with Crippen molar-refractivity contribution in [1.82, 2.24) is 0 Å². The molecule has 0 aliphatic carbocycles. The molecule has 1 N–H and O–H groups in total. The smallest absolute Gasteiger partial charge is 0.344 e. The van der Waals surface area contributed by atoms with Crippen LogP contribution in [-0.2, 0) is 16.1 Å². The molecule has 0 aromatic heterocycles. The number of aliphatic imine (C=N–C) groups is 1. The second-order valence-electron chi connectivity index (χ2n) is 8.09. The first kappa shape index (κ1) is 27.9. The summed E-state index contributed by atoms with van der Waals surface area (Å²) in [6.45, 7) is 1.83. The molecule has 39 heavy (non-hydrogen) atoms. The molecule has 1 aliphatic heterocycles. The molecule has 0 radical (unpaired) electrons. The molecule has 1 heterocycles. The zero-order chi connectivity index (χ0) is 27.9. The van der Waals surface area contributed by atoms with E-state index in [4.69, 9.17) is 25.8 Å². The van der Waals surface area contributed by atoms with Crippen LogP contribution in [0.5, 0.6) is 11.5 Å². The number of hydrogen-bond donors (Lipinski definition) is 1. The van der Waals surface area contributed by atoms with Gasteiger partial charge in [-0.3, -0.25) is 4.79 Å². The second-order valence-corrected chi connectivity index (χ2v) is 9.52. The van der Waals surface area contributed by atoms with Crippen LogP contribution in [0, 0.1) is 5.82 Å². The van der Waals surface area contributed by atoms with Gasteiger partial charge in [0.25, 0.3) is 5.91 Å². The summed E-state index contributed by atoms with van der Waals surface area (Å²) in [7, 11) is 1.48. The van der Waals surface area contributed by atoms with Gasteiger partial charge < -0.3 is 19.3 Å². The molecule has 10 heteroatoms. The number of amides is 1. The molecule has 0 saturated carbocycles. The fourth-order valence-corrected chi connectivity index (χ4v) is 4.84. The van der Waals surface area contributed by atoms with Gasteiger partial charge in [0.05, 0.1) is 29.2 Å². The number of hydrogen-bond acceptors (Lipinski definition) is 7. The summed E-state index contributed by atoms with van der Waals surface area (Å²) in [5, 5.41) is 11.1. The molecule has 3 aromatic rings. The van der Waals surface area contributed by atoms with E-state index >= 15 is 0 Å². The SMILES string of the molecule is CCOC(=O)C1=C(O)/C(=C/c2ccc(OCc3cccc(F)c3)c(OC)c2)SC1=NC(=O)c1ccccc1Cl. The van der Waals surface area contributed by atoms with Crippen molar-refractivity contribution in [2.45, 2.75) is 13.5 Å². The molecule has 7 nitrogen and oxygen atoms in total. The lowest BCUT2D eigenvalue weighted by Gasteiger charge is -2.12. The maximum Gasteiger partial charge on any atom is 0.344 e. The van der Waals surface area contributed by atoms with Gasteiger partial charge in [0.1, 0.15) is 28.8 Å². The Labute approximate surface area is 233 Å². The highest BCUT2D eigenvalue weighted by atomic mass is 35.5. The number of benzene rings is 3. The monoisotopic (exact) mass is 567 g/mol. The zero-order valence-corrected chi connectivity index (χ0v) is 22.5. The number of aliphatic hydroxyl groups excluding tert-OH is 1. The summed E-state index contributed by atoms with van der Waals surface area (Å²) in [6.07, 6.45) is 1.61.